The van der Waals surface area contributed by atoms with Gasteiger partial charge in [0, 0.05) is 6.07 Å². The molecule has 1 heterocycles. The summed E-state index contributed by atoms with van der Waals surface area (Å²) in [7, 11) is 1.30. The van der Waals surface area contributed by atoms with Crippen LogP contribution < -0.4 is 9.47 Å². The number of allylic oxidation sites excluding steroid dienone is 1. The molecule has 3 rings (SSSR count). The first-order chi connectivity index (χ1) is 12.5. The van der Waals surface area contributed by atoms with Crippen molar-refractivity contribution >= 4 is 17.8 Å². The molecule has 5 nitrogen and oxygen atoms in total. The Labute approximate surface area is 152 Å². The van der Waals surface area contributed by atoms with Gasteiger partial charge >= 0.3 is 5.97 Å². The minimum absolute atomic E-state index is 0.174. The maximum absolute atomic E-state index is 12.5. The van der Waals surface area contributed by atoms with Crippen LogP contribution in [0.25, 0.3) is 6.08 Å². The molecule has 5 heteroatoms. The molecule has 0 saturated carbocycles. The zero-order valence-corrected chi connectivity index (χ0v) is 14.9. The van der Waals surface area contributed by atoms with E-state index in [0.29, 0.717) is 17.1 Å². The van der Waals surface area contributed by atoms with Gasteiger partial charge in [0.2, 0.25) is 5.78 Å². The van der Waals surface area contributed by atoms with Gasteiger partial charge in [-0.25, -0.2) is 4.79 Å². The van der Waals surface area contributed by atoms with Gasteiger partial charge in [0.05, 0.1) is 12.7 Å². The molecule has 0 unspecified atom stereocenters. The van der Waals surface area contributed by atoms with E-state index in [1.807, 2.05) is 24.3 Å². The summed E-state index contributed by atoms with van der Waals surface area (Å²) >= 11 is 0. The lowest BCUT2D eigenvalue weighted by Gasteiger charge is -2.12. The SMILES string of the molecule is CCc1ccc(/C=C2\Oc3cc(O[C@H](C)C(=O)OC)ccc3C2=O)cc1. The lowest BCUT2D eigenvalue weighted by molar-refractivity contribution is -0.147. The number of carbonyl (C=O) groups excluding carboxylic acids is 2. The van der Waals surface area contributed by atoms with E-state index >= 15 is 0 Å². The highest BCUT2D eigenvalue weighted by molar-refractivity contribution is 6.14. The molecule has 0 aliphatic carbocycles. The summed E-state index contributed by atoms with van der Waals surface area (Å²) in [5.74, 6) is 0.470. The van der Waals surface area contributed by atoms with Gasteiger partial charge in [-0.2, -0.15) is 0 Å². The van der Waals surface area contributed by atoms with Crippen molar-refractivity contribution in [3.8, 4) is 11.5 Å². The van der Waals surface area contributed by atoms with Crippen LogP contribution in [0.2, 0.25) is 0 Å². The molecule has 26 heavy (non-hydrogen) atoms. The van der Waals surface area contributed by atoms with Crippen LogP contribution in [-0.4, -0.2) is 25.0 Å². The molecule has 1 aliphatic rings. The zero-order valence-electron chi connectivity index (χ0n) is 14.9. The van der Waals surface area contributed by atoms with Crippen molar-refractivity contribution in [2.45, 2.75) is 26.4 Å². The molecule has 0 saturated heterocycles. The van der Waals surface area contributed by atoms with Crippen LogP contribution in [0.3, 0.4) is 0 Å². The highest BCUT2D eigenvalue weighted by Gasteiger charge is 2.28. The van der Waals surface area contributed by atoms with E-state index in [1.165, 1.54) is 12.7 Å². The summed E-state index contributed by atoms with van der Waals surface area (Å²) in [5.41, 5.74) is 2.60. The molecule has 1 aliphatic heterocycles. The summed E-state index contributed by atoms with van der Waals surface area (Å²) < 4.78 is 15.9. The minimum Gasteiger partial charge on any atom is -0.479 e. The normalized spacial score (nSPS) is 15.3. The first-order valence-corrected chi connectivity index (χ1v) is 8.43. The van der Waals surface area contributed by atoms with Crippen LogP contribution in [0.1, 0.15) is 35.3 Å². The molecular formula is C21H20O5. The van der Waals surface area contributed by atoms with Crippen LogP contribution in [0.4, 0.5) is 0 Å². The highest BCUT2D eigenvalue weighted by Crippen LogP contribution is 2.35. The average molecular weight is 352 g/mol. The van der Waals surface area contributed by atoms with Crippen molar-refractivity contribution in [2.75, 3.05) is 7.11 Å². The molecule has 1 atom stereocenters. The third-order valence-electron chi connectivity index (χ3n) is 4.17. The predicted molar refractivity (Wildman–Crippen MR) is 97.3 cm³/mol. The van der Waals surface area contributed by atoms with E-state index in [-0.39, 0.29) is 11.5 Å². The summed E-state index contributed by atoms with van der Waals surface area (Å²) in [5, 5.41) is 0. The van der Waals surface area contributed by atoms with Crippen LogP contribution in [0.5, 0.6) is 11.5 Å². The van der Waals surface area contributed by atoms with Crippen molar-refractivity contribution in [2.24, 2.45) is 0 Å². The second kappa shape index (κ2) is 7.44. The Balaban J connectivity index is 1.79. The fourth-order valence-electron chi connectivity index (χ4n) is 2.66. The van der Waals surface area contributed by atoms with Gasteiger partial charge in [0.1, 0.15) is 11.5 Å². The van der Waals surface area contributed by atoms with Crippen LogP contribution in [0, 0.1) is 0 Å². The summed E-state index contributed by atoms with van der Waals surface area (Å²) in [6.07, 6.45) is 1.94. The topological polar surface area (TPSA) is 61.8 Å². The highest BCUT2D eigenvalue weighted by atomic mass is 16.6. The number of methoxy groups -OCH3 is 1. The van der Waals surface area contributed by atoms with Crippen LogP contribution in [0.15, 0.2) is 48.2 Å². The monoisotopic (exact) mass is 352 g/mol. The molecule has 0 N–H and O–H groups in total. The van der Waals surface area contributed by atoms with Crippen LogP contribution >= 0.6 is 0 Å². The second-order valence-corrected chi connectivity index (χ2v) is 5.98. The molecule has 0 aromatic heterocycles. The number of hydrogen-bond donors (Lipinski definition) is 0. The van der Waals surface area contributed by atoms with Gasteiger partial charge in [-0.1, -0.05) is 31.2 Å². The fourth-order valence-corrected chi connectivity index (χ4v) is 2.66. The number of Topliss-reactive ketones (excluding diaryl/α,β-unsaturated/α-hetero) is 1. The number of ketones is 1. The van der Waals surface area contributed by atoms with Gasteiger partial charge < -0.3 is 14.2 Å². The van der Waals surface area contributed by atoms with Crippen LogP contribution in [-0.2, 0) is 16.0 Å². The zero-order chi connectivity index (χ0) is 18.7. The van der Waals surface area contributed by atoms with Gasteiger partial charge in [0.25, 0.3) is 0 Å². The number of carbonyl (C=O) groups is 2. The lowest BCUT2D eigenvalue weighted by Crippen LogP contribution is -2.24. The predicted octanol–water partition coefficient (Wildman–Crippen LogP) is 3.81. The van der Waals surface area contributed by atoms with Gasteiger partial charge in [-0.3, -0.25) is 4.79 Å². The molecule has 0 amide bonds. The van der Waals surface area contributed by atoms with E-state index in [0.717, 1.165) is 12.0 Å². The Kier molecular flexibility index (Phi) is 5.07. The van der Waals surface area contributed by atoms with E-state index in [2.05, 4.69) is 11.7 Å². The van der Waals surface area contributed by atoms with Crippen molar-refractivity contribution in [1.82, 2.24) is 0 Å². The quantitative estimate of drug-likeness (QED) is 0.605. The van der Waals surface area contributed by atoms with Crippen molar-refractivity contribution in [1.29, 1.82) is 0 Å². The number of ether oxygens (including phenoxy) is 3. The Morgan fingerprint density at radius 2 is 1.92 bits per heavy atom. The number of fused-ring (bicyclic) bond motifs is 1. The van der Waals surface area contributed by atoms with Crippen molar-refractivity contribution in [3.63, 3.8) is 0 Å². The first-order valence-electron chi connectivity index (χ1n) is 8.43. The molecule has 0 radical (unpaired) electrons. The molecular weight excluding hydrogens is 332 g/mol. The number of esters is 1. The summed E-state index contributed by atoms with van der Waals surface area (Å²) in [4.78, 5) is 24.0. The van der Waals surface area contributed by atoms with Gasteiger partial charge in [0.15, 0.2) is 11.9 Å². The van der Waals surface area contributed by atoms with E-state index in [1.54, 1.807) is 31.2 Å². The Morgan fingerprint density at radius 1 is 1.19 bits per heavy atom. The minimum atomic E-state index is -0.748. The molecule has 0 fully saturated rings. The number of rotatable bonds is 5. The molecule has 2 aromatic carbocycles. The third-order valence-corrected chi connectivity index (χ3v) is 4.17. The maximum atomic E-state index is 12.5. The van der Waals surface area contributed by atoms with Crippen molar-refractivity contribution in [3.05, 3.63) is 64.9 Å². The fraction of sp³-hybridized carbons (Fsp3) is 0.238. The summed E-state index contributed by atoms with van der Waals surface area (Å²) in [6, 6.07) is 12.8. The first kappa shape index (κ1) is 17.7. The Bertz CT molecular complexity index is 864. The molecule has 0 spiro atoms. The van der Waals surface area contributed by atoms with E-state index < -0.39 is 12.1 Å². The number of aryl methyl sites for hydroxylation is 1. The van der Waals surface area contributed by atoms with E-state index in [4.69, 9.17) is 9.47 Å². The second-order valence-electron chi connectivity index (χ2n) is 5.98. The van der Waals surface area contributed by atoms with Gasteiger partial charge in [-0.05, 0) is 42.7 Å². The lowest BCUT2D eigenvalue weighted by atomic mass is 10.1. The van der Waals surface area contributed by atoms with Crippen molar-refractivity contribution < 1.29 is 23.8 Å². The average Bonchev–Trinajstić information content (AvgIpc) is 2.96. The Hall–Kier alpha value is -3.08. The largest absolute Gasteiger partial charge is 0.479 e. The standard InChI is InChI=1S/C21H20O5/c1-4-14-5-7-15(8-6-14)11-19-20(22)17-10-9-16(12-18(17)26-19)25-13(2)21(23)24-3/h5-13H,4H2,1-3H3/b19-11-/t13-/m1/s1. The molecule has 0 bridgehead atoms. The number of benzene rings is 2. The van der Waals surface area contributed by atoms with E-state index in [9.17, 15) is 9.59 Å². The number of hydrogen-bond acceptors (Lipinski definition) is 5. The molecule has 134 valence electrons. The smallest absolute Gasteiger partial charge is 0.346 e. The summed E-state index contributed by atoms with van der Waals surface area (Å²) in [6.45, 7) is 3.69. The van der Waals surface area contributed by atoms with Gasteiger partial charge in [-0.15, -0.1) is 0 Å². The maximum Gasteiger partial charge on any atom is 0.346 e. The molecule has 2 aromatic rings. The third kappa shape index (κ3) is 3.61. The Morgan fingerprint density at radius 3 is 2.58 bits per heavy atom.